The van der Waals surface area contributed by atoms with Gasteiger partial charge in [-0.15, -0.1) is 10.2 Å². The van der Waals surface area contributed by atoms with Crippen molar-refractivity contribution in [2.45, 2.75) is 108 Å². The molecular weight excluding hydrogens is 849 g/mol. The van der Waals surface area contributed by atoms with Gasteiger partial charge in [-0.05, 0) is 90.3 Å². The summed E-state index contributed by atoms with van der Waals surface area (Å²) in [4.78, 5) is 55.1. The highest BCUT2D eigenvalue weighted by Crippen LogP contribution is 2.38. The molecule has 6 atom stereocenters. The summed E-state index contributed by atoms with van der Waals surface area (Å²) in [6, 6.07) is 17.5. The number of nitrogen functional groups attached to an aromatic ring is 1. The monoisotopic (exact) mass is 910 g/mol. The van der Waals surface area contributed by atoms with E-state index in [0.717, 1.165) is 72.7 Å². The highest BCUT2D eigenvalue weighted by molar-refractivity contribution is 5.93. The topological polar surface area (TPSA) is 230 Å². The number of phenolic OH excluding ortho intramolecular Hbond substituents is 1. The average Bonchev–Trinajstić information content (AvgIpc) is 4.02. The number of aromatic nitrogens is 6. The van der Waals surface area contributed by atoms with E-state index in [-0.39, 0.29) is 66.9 Å². The Morgan fingerprint density at radius 3 is 2.37 bits per heavy atom. The van der Waals surface area contributed by atoms with Crippen molar-refractivity contribution >= 4 is 29.2 Å². The number of carbonyl (C=O) groups is 3. The van der Waals surface area contributed by atoms with Crippen molar-refractivity contribution in [3.05, 3.63) is 96.2 Å². The molecule has 4 fully saturated rings. The number of carbonyl (C=O) groups excluding carboxylic acids is 3. The molecule has 352 valence electrons. The van der Waals surface area contributed by atoms with E-state index in [9.17, 15) is 24.6 Å². The van der Waals surface area contributed by atoms with Gasteiger partial charge in [-0.25, -0.2) is 9.97 Å². The number of fused-ring (bicyclic) bond motifs is 2. The molecule has 2 bridgehead atoms. The van der Waals surface area contributed by atoms with E-state index < -0.39 is 23.6 Å². The largest absolute Gasteiger partial charge is 0.507 e. The molecule has 3 amide bonds. The normalized spacial score (nSPS) is 24.3. The van der Waals surface area contributed by atoms with Gasteiger partial charge in [-0.2, -0.15) is 5.10 Å². The molecule has 4 aliphatic rings. The molecule has 6 heterocycles. The number of benzene rings is 2. The molecule has 67 heavy (non-hydrogen) atoms. The maximum absolute atomic E-state index is 14.3. The number of phenols is 1. The zero-order valence-electron chi connectivity index (χ0n) is 38.7. The van der Waals surface area contributed by atoms with E-state index in [2.05, 4.69) is 36.1 Å². The average molecular weight is 911 g/mol. The van der Waals surface area contributed by atoms with Crippen molar-refractivity contribution in [1.82, 2.24) is 50.8 Å². The van der Waals surface area contributed by atoms with E-state index in [0.29, 0.717) is 35.8 Å². The second kappa shape index (κ2) is 19.0. The quantitative estimate of drug-likeness (QED) is 0.104. The number of aliphatic hydroxyl groups is 1. The van der Waals surface area contributed by atoms with Crippen LogP contribution in [0.4, 0.5) is 11.5 Å². The number of rotatable bonds is 12. The second-order valence-electron chi connectivity index (χ2n) is 20.0. The van der Waals surface area contributed by atoms with Crippen LogP contribution >= 0.6 is 0 Å². The minimum Gasteiger partial charge on any atom is -0.507 e. The van der Waals surface area contributed by atoms with Gasteiger partial charge in [-0.1, -0.05) is 57.2 Å². The van der Waals surface area contributed by atoms with Crippen LogP contribution in [0.3, 0.4) is 0 Å². The van der Waals surface area contributed by atoms with Crippen molar-refractivity contribution in [2.24, 2.45) is 24.3 Å². The van der Waals surface area contributed by atoms with Crippen molar-refractivity contribution in [3.63, 3.8) is 0 Å². The van der Waals surface area contributed by atoms with Crippen molar-refractivity contribution in [1.29, 1.82) is 0 Å². The van der Waals surface area contributed by atoms with Crippen LogP contribution in [-0.2, 0) is 34.4 Å². The Kier molecular flexibility index (Phi) is 13.0. The number of likely N-dealkylation sites (tertiary alicyclic amines) is 1. The molecule has 0 radical (unpaired) electrons. The summed E-state index contributed by atoms with van der Waals surface area (Å²) in [6.07, 6.45) is 9.58. The molecule has 3 aliphatic heterocycles. The first-order valence-electron chi connectivity index (χ1n) is 23.6. The number of hydrogen-bond donors (Lipinski definition) is 6. The number of nitrogens with two attached hydrogens (primary N) is 1. The number of para-hydroxylation sites is 1. The number of aliphatic hydroxyl groups excluding tert-OH is 1. The maximum Gasteiger partial charge on any atom is 0.246 e. The Morgan fingerprint density at radius 1 is 0.925 bits per heavy atom. The predicted molar refractivity (Wildman–Crippen MR) is 253 cm³/mol. The predicted octanol–water partition coefficient (Wildman–Crippen LogP) is 4.11. The van der Waals surface area contributed by atoms with E-state index in [1.54, 1.807) is 23.0 Å². The van der Waals surface area contributed by atoms with Crippen LogP contribution in [0.5, 0.6) is 5.75 Å². The molecule has 17 nitrogen and oxygen atoms in total. The summed E-state index contributed by atoms with van der Waals surface area (Å²) < 4.78 is 1.80. The SMILES string of the molecule is Cn1nccc1-c1ccc(CNC(=O)[C@@H]2C[C@@H](O)CN2C(=O)[C@@H](NC(=O)[C@H]2CC[C@H](c3cnc(CC4CC5CN(c6cc(-c7ccccc7O)nnc6N)CC4N5)nc3)CC2)C(C)(C)C)cc1. The lowest BCUT2D eigenvalue weighted by Gasteiger charge is -2.37. The minimum absolute atomic E-state index is 0.0193. The van der Waals surface area contributed by atoms with Gasteiger partial charge in [0.1, 0.15) is 23.7 Å². The fourth-order valence-corrected chi connectivity index (χ4v) is 10.6. The highest BCUT2D eigenvalue weighted by Gasteiger charge is 2.45. The third-order valence-corrected chi connectivity index (χ3v) is 14.3. The molecular formula is C50H62N12O5. The summed E-state index contributed by atoms with van der Waals surface area (Å²) in [6.45, 7) is 7.54. The van der Waals surface area contributed by atoms with Gasteiger partial charge in [0.05, 0.1) is 23.2 Å². The van der Waals surface area contributed by atoms with Crippen LogP contribution in [0.25, 0.3) is 22.5 Å². The van der Waals surface area contributed by atoms with E-state index in [1.807, 2.05) is 88.7 Å². The number of hydrogen-bond acceptors (Lipinski definition) is 13. The molecule has 7 N–H and O–H groups in total. The van der Waals surface area contributed by atoms with Crippen LogP contribution in [-0.4, -0.2) is 113 Å². The van der Waals surface area contributed by atoms with Gasteiger partial charge < -0.3 is 41.7 Å². The first-order chi connectivity index (χ1) is 32.2. The third-order valence-electron chi connectivity index (χ3n) is 14.3. The number of aromatic hydroxyl groups is 1. The lowest BCUT2D eigenvalue weighted by Crippen LogP contribution is -2.58. The van der Waals surface area contributed by atoms with Gasteiger partial charge in [0.25, 0.3) is 0 Å². The fraction of sp³-hybridized carbons (Fsp3) is 0.480. The van der Waals surface area contributed by atoms with Crippen LogP contribution in [0.1, 0.15) is 82.2 Å². The molecule has 2 aromatic carbocycles. The van der Waals surface area contributed by atoms with Crippen LogP contribution in [0.2, 0.25) is 0 Å². The smallest absolute Gasteiger partial charge is 0.246 e. The number of piperazine rings is 1. The van der Waals surface area contributed by atoms with Gasteiger partial charge in [0, 0.05) is 88.2 Å². The Hall–Kier alpha value is -6.46. The summed E-state index contributed by atoms with van der Waals surface area (Å²) in [7, 11) is 1.88. The second-order valence-corrected chi connectivity index (χ2v) is 20.0. The lowest BCUT2D eigenvalue weighted by atomic mass is 9.78. The highest BCUT2D eigenvalue weighted by atomic mass is 16.3. The van der Waals surface area contributed by atoms with Gasteiger partial charge in [0.15, 0.2) is 5.82 Å². The zero-order chi connectivity index (χ0) is 47.0. The number of nitrogens with one attached hydrogen (secondary N) is 3. The summed E-state index contributed by atoms with van der Waals surface area (Å²) >= 11 is 0. The van der Waals surface area contributed by atoms with Crippen LogP contribution < -0.4 is 26.6 Å². The molecule has 1 aliphatic carbocycles. The first-order valence-corrected chi connectivity index (χ1v) is 23.6. The van der Waals surface area contributed by atoms with E-state index in [1.165, 1.54) is 4.90 Å². The van der Waals surface area contributed by atoms with Crippen molar-refractivity contribution < 1.29 is 24.6 Å². The van der Waals surface area contributed by atoms with Gasteiger partial charge >= 0.3 is 0 Å². The standard InChI is InChI=1S/C50H62N12O5/c1-50(2,3)45(49(67)62-27-36(63)21-42(62)48(66)54-23-29-9-11-31(12-10-29)40-17-18-55-60(40)4)57-47(65)32-15-13-30(14-16-32)34-24-52-44(53-25-34)20-33-19-35-26-61(28-39(33)56-35)41-22-38(58-59-46(41)51)37-7-5-6-8-43(37)64/h5-12,17-18,22,24-25,30,32-33,35-36,39,42,45,56,63-64H,13-16,19-21,23,26-28H2,1-4H3,(H2,51,59)(H,54,66)(H,57,65)/t30-,32-,33?,35?,36-,39?,42+,45-/m1/s1. The molecule has 17 heteroatoms. The number of anilines is 2. The number of nitrogens with zero attached hydrogens (tertiary/aromatic N) is 8. The Labute approximate surface area is 391 Å². The van der Waals surface area contributed by atoms with Crippen LogP contribution in [0.15, 0.2) is 79.3 Å². The molecule has 9 rings (SSSR count). The summed E-state index contributed by atoms with van der Waals surface area (Å²) in [5, 5.41) is 43.7. The molecule has 3 saturated heterocycles. The maximum atomic E-state index is 14.3. The van der Waals surface area contributed by atoms with Crippen LogP contribution in [0, 0.1) is 17.3 Å². The summed E-state index contributed by atoms with van der Waals surface area (Å²) in [5.74, 6) is 0.758. The van der Waals surface area contributed by atoms with Gasteiger partial charge in [-0.3, -0.25) is 19.1 Å². The Bertz CT molecular complexity index is 2570. The summed E-state index contributed by atoms with van der Waals surface area (Å²) in [5.41, 5.74) is 11.7. The fourth-order valence-electron chi connectivity index (χ4n) is 10.6. The number of aryl methyl sites for hydroxylation is 1. The van der Waals surface area contributed by atoms with E-state index in [4.69, 9.17) is 15.7 Å². The molecule has 0 spiro atoms. The number of amides is 3. The zero-order valence-corrected chi connectivity index (χ0v) is 38.7. The van der Waals surface area contributed by atoms with Crippen molar-refractivity contribution in [3.8, 4) is 28.3 Å². The minimum atomic E-state index is -0.884. The first kappa shape index (κ1) is 45.7. The Balaban J connectivity index is 0.761. The number of β-amino-alcohol motifs (C(OH)–C–C–N with tert-alkyl or cyclic N) is 1. The molecule has 3 aromatic heterocycles. The molecule has 1 saturated carbocycles. The Morgan fingerprint density at radius 2 is 1.67 bits per heavy atom. The van der Waals surface area contributed by atoms with E-state index >= 15 is 0 Å². The lowest BCUT2D eigenvalue weighted by molar-refractivity contribution is -0.144. The third kappa shape index (κ3) is 9.98. The van der Waals surface area contributed by atoms with Crippen molar-refractivity contribution in [2.75, 3.05) is 30.3 Å². The molecule has 3 unspecified atom stereocenters. The molecule has 5 aromatic rings. The van der Waals surface area contributed by atoms with Gasteiger partial charge in [0.2, 0.25) is 17.7 Å².